The maximum Gasteiger partial charge on any atom is 0.350 e. The van der Waals surface area contributed by atoms with Crippen molar-refractivity contribution in [3.05, 3.63) is 30.0 Å². The molecule has 2 aliphatic heterocycles. The van der Waals surface area contributed by atoms with Gasteiger partial charge in [-0.3, -0.25) is 0 Å². The van der Waals surface area contributed by atoms with Gasteiger partial charge in [-0.2, -0.15) is 0 Å². The first-order valence-electron chi connectivity index (χ1n) is 8.59. The number of rotatable bonds is 4. The molecular weight excluding hydrogens is 372 g/mol. The second-order valence-corrected chi connectivity index (χ2v) is 9.01. The van der Waals surface area contributed by atoms with Gasteiger partial charge < -0.3 is 19.7 Å². The molecule has 3 rings (SSSR count). The van der Waals surface area contributed by atoms with E-state index in [1.165, 1.54) is 32.4 Å². The second kappa shape index (κ2) is 6.88. The Morgan fingerprint density at radius 3 is 2.26 bits per heavy atom. The number of cyclic esters (lactones) is 2. The molecule has 0 radical (unpaired) electrons. The van der Waals surface area contributed by atoms with Gasteiger partial charge in [0.05, 0.1) is 10.6 Å². The Balaban J connectivity index is 1.88. The van der Waals surface area contributed by atoms with E-state index in [0.29, 0.717) is 11.4 Å². The molecule has 0 spiro atoms. The van der Waals surface area contributed by atoms with Gasteiger partial charge in [-0.25, -0.2) is 18.0 Å². The lowest BCUT2D eigenvalue weighted by Crippen LogP contribution is -2.42. The summed E-state index contributed by atoms with van der Waals surface area (Å²) in [6, 6.07) is 4.79. The van der Waals surface area contributed by atoms with Crippen LogP contribution in [0.2, 0.25) is 0 Å². The van der Waals surface area contributed by atoms with Gasteiger partial charge in [0.25, 0.3) is 5.79 Å². The summed E-state index contributed by atoms with van der Waals surface area (Å²) in [5.74, 6) is -2.86. The van der Waals surface area contributed by atoms with Gasteiger partial charge in [-0.1, -0.05) is 0 Å². The standard InChI is InChI=1S/C18H22N2O6S/c1-18(2)25-16(21)13(17(22)26-18)11-19-12-6-7-15(27(3,23)24)14(10-12)20-8-4-5-9-20/h6-7,10-11,19H,4-5,8-9H2,1-3H3. The molecule has 2 fully saturated rings. The van der Waals surface area contributed by atoms with Crippen molar-refractivity contribution in [1.82, 2.24) is 0 Å². The molecule has 1 aromatic carbocycles. The number of nitrogens with one attached hydrogen (secondary N) is 1. The highest BCUT2D eigenvalue weighted by atomic mass is 32.2. The summed E-state index contributed by atoms with van der Waals surface area (Å²) in [6.45, 7) is 4.50. The minimum atomic E-state index is -3.39. The molecule has 0 amide bonds. The SMILES string of the molecule is CC1(C)OC(=O)C(=CNc2ccc(S(C)(=O)=O)c(N3CCCC3)c2)C(=O)O1. The van der Waals surface area contributed by atoms with Crippen molar-refractivity contribution in [2.75, 3.05) is 29.6 Å². The molecule has 2 aliphatic rings. The average molecular weight is 394 g/mol. The number of hydrogen-bond acceptors (Lipinski definition) is 8. The number of carbonyl (C=O) groups is 2. The van der Waals surface area contributed by atoms with Crippen LogP contribution in [0.3, 0.4) is 0 Å². The summed E-state index contributed by atoms with van der Waals surface area (Å²) < 4.78 is 34.3. The summed E-state index contributed by atoms with van der Waals surface area (Å²) in [5.41, 5.74) is 0.889. The van der Waals surface area contributed by atoms with Gasteiger partial charge in [-0.05, 0) is 31.0 Å². The fourth-order valence-electron chi connectivity index (χ4n) is 3.06. The van der Waals surface area contributed by atoms with E-state index < -0.39 is 27.6 Å². The van der Waals surface area contributed by atoms with Crippen LogP contribution in [-0.4, -0.2) is 45.5 Å². The van der Waals surface area contributed by atoms with Crippen LogP contribution < -0.4 is 10.2 Å². The van der Waals surface area contributed by atoms with E-state index in [9.17, 15) is 18.0 Å². The summed E-state index contributed by atoms with van der Waals surface area (Å²) in [4.78, 5) is 26.2. The highest BCUT2D eigenvalue weighted by Crippen LogP contribution is 2.31. The molecule has 0 aliphatic carbocycles. The summed E-state index contributed by atoms with van der Waals surface area (Å²) >= 11 is 0. The van der Waals surface area contributed by atoms with Gasteiger partial charge in [0, 0.05) is 45.1 Å². The fraction of sp³-hybridized carbons (Fsp3) is 0.444. The second-order valence-electron chi connectivity index (χ2n) is 7.03. The Bertz CT molecular complexity index is 892. The topological polar surface area (TPSA) is 102 Å². The van der Waals surface area contributed by atoms with Crippen molar-refractivity contribution in [3.63, 3.8) is 0 Å². The van der Waals surface area contributed by atoms with E-state index in [0.717, 1.165) is 25.9 Å². The monoisotopic (exact) mass is 394 g/mol. The Morgan fingerprint density at radius 1 is 1.11 bits per heavy atom. The van der Waals surface area contributed by atoms with E-state index in [-0.39, 0.29) is 10.5 Å². The summed E-state index contributed by atoms with van der Waals surface area (Å²) in [7, 11) is -3.39. The van der Waals surface area contributed by atoms with E-state index in [1.54, 1.807) is 12.1 Å². The van der Waals surface area contributed by atoms with E-state index in [4.69, 9.17) is 9.47 Å². The van der Waals surface area contributed by atoms with Gasteiger partial charge >= 0.3 is 11.9 Å². The lowest BCUT2D eigenvalue weighted by molar-refractivity contribution is -0.222. The van der Waals surface area contributed by atoms with Crippen LogP contribution in [0.5, 0.6) is 0 Å². The molecule has 0 atom stereocenters. The van der Waals surface area contributed by atoms with Crippen LogP contribution >= 0.6 is 0 Å². The first-order valence-corrected chi connectivity index (χ1v) is 10.5. The Hall–Kier alpha value is -2.55. The van der Waals surface area contributed by atoms with Crippen molar-refractivity contribution in [2.24, 2.45) is 0 Å². The minimum absolute atomic E-state index is 0.251. The Kier molecular flexibility index (Phi) is 4.90. The van der Waals surface area contributed by atoms with Crippen molar-refractivity contribution >= 4 is 33.2 Å². The van der Waals surface area contributed by atoms with Crippen LogP contribution in [0.1, 0.15) is 26.7 Å². The van der Waals surface area contributed by atoms with E-state index in [2.05, 4.69) is 5.32 Å². The molecule has 0 saturated carbocycles. The highest BCUT2D eigenvalue weighted by molar-refractivity contribution is 7.90. The van der Waals surface area contributed by atoms with Gasteiger partial charge in [-0.15, -0.1) is 0 Å². The maximum atomic E-state index is 12.1. The normalized spacial score (nSPS) is 19.5. The largest absolute Gasteiger partial charge is 0.419 e. The quantitative estimate of drug-likeness (QED) is 0.469. The van der Waals surface area contributed by atoms with Crippen LogP contribution in [0.25, 0.3) is 0 Å². The third-order valence-electron chi connectivity index (χ3n) is 4.31. The molecule has 146 valence electrons. The molecule has 0 bridgehead atoms. The predicted octanol–water partition coefficient (Wildman–Crippen LogP) is 1.82. The number of benzene rings is 1. The number of carbonyl (C=O) groups excluding carboxylic acids is 2. The fourth-order valence-corrected chi connectivity index (χ4v) is 3.94. The molecule has 9 heteroatoms. The smallest absolute Gasteiger partial charge is 0.350 e. The zero-order valence-corrected chi connectivity index (χ0v) is 16.3. The third-order valence-corrected chi connectivity index (χ3v) is 5.45. The number of hydrogen-bond donors (Lipinski definition) is 1. The van der Waals surface area contributed by atoms with Crippen LogP contribution in [-0.2, 0) is 28.9 Å². The Labute approximate surface area is 158 Å². The van der Waals surface area contributed by atoms with Gasteiger partial charge in [0.15, 0.2) is 15.4 Å². The molecule has 27 heavy (non-hydrogen) atoms. The molecule has 2 heterocycles. The molecule has 2 saturated heterocycles. The summed E-state index contributed by atoms with van der Waals surface area (Å²) in [6.07, 6.45) is 4.38. The van der Waals surface area contributed by atoms with Crippen molar-refractivity contribution in [1.29, 1.82) is 0 Å². The van der Waals surface area contributed by atoms with Crippen LogP contribution in [0, 0.1) is 0 Å². The van der Waals surface area contributed by atoms with Crippen LogP contribution in [0.4, 0.5) is 11.4 Å². The van der Waals surface area contributed by atoms with E-state index in [1.807, 2.05) is 4.90 Å². The molecule has 8 nitrogen and oxygen atoms in total. The first kappa shape index (κ1) is 19.2. The Morgan fingerprint density at radius 2 is 1.70 bits per heavy atom. The number of ether oxygens (including phenoxy) is 2. The number of sulfone groups is 1. The van der Waals surface area contributed by atoms with Crippen molar-refractivity contribution < 1.29 is 27.5 Å². The number of anilines is 2. The van der Waals surface area contributed by atoms with Gasteiger partial charge in [0.1, 0.15) is 0 Å². The maximum absolute atomic E-state index is 12.1. The minimum Gasteiger partial charge on any atom is -0.419 e. The number of esters is 2. The molecule has 0 aromatic heterocycles. The van der Waals surface area contributed by atoms with Crippen molar-refractivity contribution in [2.45, 2.75) is 37.4 Å². The van der Waals surface area contributed by atoms with Crippen molar-refractivity contribution in [3.8, 4) is 0 Å². The number of nitrogens with zero attached hydrogens (tertiary/aromatic N) is 1. The zero-order valence-electron chi connectivity index (χ0n) is 15.4. The zero-order chi connectivity index (χ0) is 19.8. The highest BCUT2D eigenvalue weighted by Gasteiger charge is 2.39. The lowest BCUT2D eigenvalue weighted by Gasteiger charge is -2.29. The van der Waals surface area contributed by atoms with E-state index >= 15 is 0 Å². The van der Waals surface area contributed by atoms with Crippen LogP contribution in [0.15, 0.2) is 34.9 Å². The molecular formula is C18H22N2O6S. The third kappa shape index (κ3) is 4.24. The molecule has 1 N–H and O–H groups in total. The van der Waals surface area contributed by atoms with Gasteiger partial charge in [0.2, 0.25) is 0 Å². The first-order chi connectivity index (χ1) is 12.6. The molecule has 0 unspecified atom stereocenters. The predicted molar refractivity (Wildman–Crippen MR) is 99.0 cm³/mol. The molecule has 1 aromatic rings. The summed E-state index contributed by atoms with van der Waals surface area (Å²) in [5, 5.41) is 2.86. The average Bonchev–Trinajstić information content (AvgIpc) is 3.06. The lowest BCUT2D eigenvalue weighted by atomic mass is 10.2.